The molecule has 0 aromatic heterocycles. The Bertz CT molecular complexity index is 307. The van der Waals surface area contributed by atoms with E-state index in [4.69, 9.17) is 11.6 Å². The Morgan fingerprint density at radius 2 is 2.36 bits per heavy atom. The smallest absolute Gasteiger partial charge is 0.107 e. The van der Waals surface area contributed by atoms with E-state index in [1.54, 1.807) is 0 Å². The molecule has 0 amide bonds. The second-order valence-corrected chi connectivity index (χ2v) is 2.81. The number of halogens is 1. The van der Waals surface area contributed by atoms with Gasteiger partial charge in [-0.25, -0.2) is 0 Å². The molecule has 2 rings (SSSR count). The highest BCUT2D eigenvalue weighted by molar-refractivity contribution is 6.31. The van der Waals surface area contributed by atoms with Crippen molar-refractivity contribution in [3.63, 3.8) is 0 Å². The summed E-state index contributed by atoms with van der Waals surface area (Å²) in [5.41, 5.74) is 2.16. The van der Waals surface area contributed by atoms with Crippen LogP contribution in [-0.4, -0.2) is 12.9 Å². The number of rotatable bonds is 0. The average molecular weight is 167 g/mol. The lowest BCUT2D eigenvalue weighted by Gasteiger charge is -2.11. The van der Waals surface area contributed by atoms with Crippen molar-refractivity contribution in [2.75, 3.05) is 12.0 Å². The lowest BCUT2D eigenvalue weighted by atomic mass is 10.2. The van der Waals surface area contributed by atoms with Crippen molar-refractivity contribution in [1.29, 1.82) is 0 Å². The van der Waals surface area contributed by atoms with Gasteiger partial charge in [-0.2, -0.15) is 0 Å². The second-order valence-electron chi connectivity index (χ2n) is 2.38. The van der Waals surface area contributed by atoms with E-state index in [2.05, 4.69) is 10.3 Å². The fraction of sp³-hybridized carbons (Fsp3) is 0.125. The Kier molecular flexibility index (Phi) is 1.55. The van der Waals surface area contributed by atoms with Crippen LogP contribution < -0.4 is 5.32 Å². The van der Waals surface area contributed by atoms with Gasteiger partial charge in [0, 0.05) is 22.5 Å². The Labute approximate surface area is 69.9 Å². The zero-order chi connectivity index (χ0) is 7.68. The molecule has 0 radical (unpaired) electrons. The molecule has 11 heavy (non-hydrogen) atoms. The SMILES string of the molecule is Clc1ccc2c(c1)NCN=C2. The molecule has 0 atom stereocenters. The number of benzene rings is 1. The van der Waals surface area contributed by atoms with Gasteiger partial charge in [0.25, 0.3) is 0 Å². The van der Waals surface area contributed by atoms with E-state index >= 15 is 0 Å². The molecule has 1 aromatic carbocycles. The van der Waals surface area contributed by atoms with Gasteiger partial charge in [-0.15, -0.1) is 0 Å². The molecule has 1 N–H and O–H groups in total. The summed E-state index contributed by atoms with van der Waals surface area (Å²) in [4.78, 5) is 4.07. The molecule has 2 nitrogen and oxygen atoms in total. The molecule has 0 aliphatic carbocycles. The van der Waals surface area contributed by atoms with E-state index < -0.39 is 0 Å². The van der Waals surface area contributed by atoms with Crippen molar-refractivity contribution in [3.05, 3.63) is 28.8 Å². The molecule has 1 aromatic rings. The van der Waals surface area contributed by atoms with Crippen LogP contribution in [0, 0.1) is 0 Å². The van der Waals surface area contributed by atoms with Crippen molar-refractivity contribution >= 4 is 23.5 Å². The molecule has 3 heteroatoms. The summed E-state index contributed by atoms with van der Waals surface area (Å²) in [7, 11) is 0. The molecule has 0 unspecified atom stereocenters. The molecule has 1 aliphatic heterocycles. The fourth-order valence-corrected chi connectivity index (χ4v) is 1.24. The molecule has 1 heterocycles. The Morgan fingerprint density at radius 1 is 1.45 bits per heavy atom. The molecule has 0 bridgehead atoms. The molecule has 56 valence electrons. The van der Waals surface area contributed by atoms with Crippen molar-refractivity contribution in [2.24, 2.45) is 4.99 Å². The quantitative estimate of drug-likeness (QED) is 0.628. The number of nitrogens with one attached hydrogen (secondary N) is 1. The minimum absolute atomic E-state index is 0.646. The van der Waals surface area contributed by atoms with Crippen LogP contribution in [0.15, 0.2) is 23.2 Å². The minimum Gasteiger partial charge on any atom is -0.366 e. The molecule has 0 spiro atoms. The van der Waals surface area contributed by atoms with Gasteiger partial charge in [-0.3, -0.25) is 4.99 Å². The third-order valence-electron chi connectivity index (χ3n) is 1.61. The lowest BCUT2D eigenvalue weighted by Crippen LogP contribution is -2.06. The first kappa shape index (κ1) is 6.68. The number of fused-ring (bicyclic) bond motifs is 1. The summed E-state index contributed by atoms with van der Waals surface area (Å²) < 4.78 is 0. The Hall–Kier alpha value is -1.02. The Balaban J connectivity index is 2.53. The number of hydrogen-bond acceptors (Lipinski definition) is 2. The second kappa shape index (κ2) is 2.55. The van der Waals surface area contributed by atoms with Gasteiger partial charge < -0.3 is 5.32 Å². The van der Waals surface area contributed by atoms with Crippen LogP contribution in [0.1, 0.15) is 5.56 Å². The monoisotopic (exact) mass is 166 g/mol. The number of hydrogen-bond donors (Lipinski definition) is 1. The maximum atomic E-state index is 5.79. The molecule has 0 saturated heterocycles. The first-order valence-electron chi connectivity index (χ1n) is 3.39. The topological polar surface area (TPSA) is 24.4 Å². The predicted octanol–water partition coefficient (Wildman–Crippen LogP) is 2.14. The van der Waals surface area contributed by atoms with Crippen LogP contribution in [0.25, 0.3) is 0 Å². The highest BCUT2D eigenvalue weighted by Gasteiger charge is 2.02. The zero-order valence-corrected chi connectivity index (χ0v) is 6.60. The van der Waals surface area contributed by atoms with Crippen molar-refractivity contribution < 1.29 is 0 Å². The summed E-state index contributed by atoms with van der Waals surface area (Å²) in [6, 6.07) is 5.72. The van der Waals surface area contributed by atoms with E-state index in [0.717, 1.165) is 16.3 Å². The Morgan fingerprint density at radius 3 is 3.27 bits per heavy atom. The van der Waals surface area contributed by atoms with Gasteiger partial charge in [0.15, 0.2) is 0 Å². The predicted molar refractivity (Wildman–Crippen MR) is 47.5 cm³/mol. The van der Waals surface area contributed by atoms with Crippen LogP contribution in [0.4, 0.5) is 5.69 Å². The maximum absolute atomic E-state index is 5.79. The van der Waals surface area contributed by atoms with Crippen LogP contribution in [0.2, 0.25) is 5.02 Å². The summed E-state index contributed by atoms with van der Waals surface area (Å²) in [5, 5.41) is 3.88. The van der Waals surface area contributed by atoms with E-state index in [-0.39, 0.29) is 0 Å². The first-order chi connectivity index (χ1) is 5.36. The third-order valence-corrected chi connectivity index (χ3v) is 1.84. The largest absolute Gasteiger partial charge is 0.366 e. The minimum atomic E-state index is 0.646. The van der Waals surface area contributed by atoms with Gasteiger partial charge in [0.2, 0.25) is 0 Å². The van der Waals surface area contributed by atoms with Gasteiger partial charge >= 0.3 is 0 Å². The molecular formula is C8H7ClN2. The van der Waals surface area contributed by atoms with Crippen LogP contribution in [-0.2, 0) is 0 Å². The summed E-state index contributed by atoms with van der Waals surface area (Å²) >= 11 is 5.79. The zero-order valence-electron chi connectivity index (χ0n) is 5.84. The molecule has 0 fully saturated rings. The summed E-state index contributed by atoms with van der Waals surface area (Å²) in [6.45, 7) is 0.646. The standard InChI is InChI=1S/C8H7ClN2/c9-7-2-1-6-4-10-5-11-8(6)3-7/h1-4,11H,5H2. The average Bonchev–Trinajstić information content (AvgIpc) is 2.04. The third kappa shape index (κ3) is 1.21. The fourth-order valence-electron chi connectivity index (χ4n) is 1.07. The van der Waals surface area contributed by atoms with Gasteiger partial charge in [-0.05, 0) is 18.2 Å². The molecular weight excluding hydrogens is 160 g/mol. The number of nitrogens with zero attached hydrogens (tertiary/aromatic N) is 1. The summed E-state index contributed by atoms with van der Waals surface area (Å²) in [5.74, 6) is 0. The number of anilines is 1. The van der Waals surface area contributed by atoms with E-state index in [1.807, 2.05) is 24.4 Å². The highest BCUT2D eigenvalue weighted by atomic mass is 35.5. The van der Waals surface area contributed by atoms with Crippen LogP contribution in [0.5, 0.6) is 0 Å². The van der Waals surface area contributed by atoms with Crippen molar-refractivity contribution in [1.82, 2.24) is 0 Å². The maximum Gasteiger partial charge on any atom is 0.107 e. The van der Waals surface area contributed by atoms with Gasteiger partial charge in [-0.1, -0.05) is 11.6 Å². The van der Waals surface area contributed by atoms with E-state index in [1.165, 1.54) is 0 Å². The van der Waals surface area contributed by atoms with E-state index in [0.29, 0.717) is 6.67 Å². The first-order valence-corrected chi connectivity index (χ1v) is 3.77. The van der Waals surface area contributed by atoms with E-state index in [9.17, 15) is 0 Å². The highest BCUT2D eigenvalue weighted by Crippen LogP contribution is 2.20. The van der Waals surface area contributed by atoms with Gasteiger partial charge in [0.1, 0.15) is 6.67 Å². The van der Waals surface area contributed by atoms with Crippen LogP contribution >= 0.6 is 11.6 Å². The lowest BCUT2D eigenvalue weighted by molar-refractivity contribution is 1.13. The van der Waals surface area contributed by atoms with Crippen molar-refractivity contribution in [2.45, 2.75) is 0 Å². The normalized spacial score (nSPS) is 13.9. The van der Waals surface area contributed by atoms with Gasteiger partial charge in [0.05, 0.1) is 0 Å². The van der Waals surface area contributed by atoms with Crippen molar-refractivity contribution in [3.8, 4) is 0 Å². The molecule has 0 saturated carbocycles. The van der Waals surface area contributed by atoms with Crippen LogP contribution in [0.3, 0.4) is 0 Å². The summed E-state index contributed by atoms with van der Waals surface area (Å²) in [6.07, 6.45) is 1.85. The molecule has 1 aliphatic rings. The number of aliphatic imine (C=N–C) groups is 1.